The van der Waals surface area contributed by atoms with Crippen molar-refractivity contribution in [2.24, 2.45) is 5.84 Å². The van der Waals surface area contributed by atoms with Gasteiger partial charge in [0.1, 0.15) is 0 Å². The van der Waals surface area contributed by atoms with Crippen LogP contribution in [-0.2, 0) is 6.42 Å². The molecule has 4 heteroatoms. The smallest absolute Gasteiger partial charge is 0.0725 e. The molecule has 0 spiro atoms. The molecular formula is C15H18BrN3. The summed E-state index contributed by atoms with van der Waals surface area (Å²) in [4.78, 5) is 4.19. The first-order valence-corrected chi connectivity index (χ1v) is 7.19. The Morgan fingerprint density at radius 2 is 2.11 bits per heavy atom. The van der Waals surface area contributed by atoms with Crippen LogP contribution in [-0.4, -0.2) is 4.98 Å². The molecule has 3 N–H and O–H groups in total. The standard InChI is InChI=1S/C15H18BrN3/c1-2-4-11-5-3-6-12(7-11)15(19-17)13-8-14(16)10-18-9-13/h3,5-10,15,19H,2,4,17H2,1H3. The highest BCUT2D eigenvalue weighted by molar-refractivity contribution is 9.10. The molecule has 100 valence electrons. The zero-order chi connectivity index (χ0) is 13.7. The van der Waals surface area contributed by atoms with Gasteiger partial charge in [0, 0.05) is 16.9 Å². The summed E-state index contributed by atoms with van der Waals surface area (Å²) < 4.78 is 0.954. The Bertz CT molecular complexity index is 542. The highest BCUT2D eigenvalue weighted by Crippen LogP contribution is 2.24. The minimum atomic E-state index is -0.0400. The van der Waals surface area contributed by atoms with Crippen LogP contribution in [0.1, 0.15) is 36.1 Å². The Balaban J connectivity index is 2.33. The van der Waals surface area contributed by atoms with Gasteiger partial charge in [0.2, 0.25) is 0 Å². The van der Waals surface area contributed by atoms with Crippen molar-refractivity contribution in [3.8, 4) is 0 Å². The third kappa shape index (κ3) is 3.62. The lowest BCUT2D eigenvalue weighted by Crippen LogP contribution is -2.29. The maximum Gasteiger partial charge on any atom is 0.0725 e. The van der Waals surface area contributed by atoms with Crippen molar-refractivity contribution in [1.82, 2.24) is 10.4 Å². The number of aryl methyl sites for hydroxylation is 1. The van der Waals surface area contributed by atoms with E-state index in [1.165, 1.54) is 5.56 Å². The number of hydrogen-bond acceptors (Lipinski definition) is 3. The Kier molecular flexibility index (Phi) is 5.07. The van der Waals surface area contributed by atoms with Crippen LogP contribution in [0.25, 0.3) is 0 Å². The molecule has 19 heavy (non-hydrogen) atoms. The van der Waals surface area contributed by atoms with E-state index >= 15 is 0 Å². The maximum absolute atomic E-state index is 5.72. The van der Waals surface area contributed by atoms with Gasteiger partial charge in [-0.25, -0.2) is 5.43 Å². The number of halogens is 1. The van der Waals surface area contributed by atoms with Gasteiger partial charge >= 0.3 is 0 Å². The highest BCUT2D eigenvalue weighted by atomic mass is 79.9. The summed E-state index contributed by atoms with van der Waals surface area (Å²) in [6, 6.07) is 10.5. The van der Waals surface area contributed by atoms with Crippen molar-refractivity contribution in [1.29, 1.82) is 0 Å². The van der Waals surface area contributed by atoms with E-state index in [0.29, 0.717) is 0 Å². The van der Waals surface area contributed by atoms with E-state index < -0.39 is 0 Å². The van der Waals surface area contributed by atoms with Crippen LogP contribution < -0.4 is 11.3 Å². The van der Waals surface area contributed by atoms with Gasteiger partial charge in [-0.15, -0.1) is 0 Å². The van der Waals surface area contributed by atoms with Gasteiger partial charge in [-0.2, -0.15) is 0 Å². The van der Waals surface area contributed by atoms with E-state index in [4.69, 9.17) is 5.84 Å². The highest BCUT2D eigenvalue weighted by Gasteiger charge is 2.13. The number of pyridine rings is 1. The maximum atomic E-state index is 5.72. The van der Waals surface area contributed by atoms with E-state index in [9.17, 15) is 0 Å². The van der Waals surface area contributed by atoms with Crippen LogP contribution in [0.15, 0.2) is 47.2 Å². The van der Waals surface area contributed by atoms with Crippen molar-refractivity contribution < 1.29 is 0 Å². The fourth-order valence-corrected chi connectivity index (χ4v) is 2.57. The Hall–Kier alpha value is -1.23. The van der Waals surface area contributed by atoms with Crippen LogP contribution in [0.2, 0.25) is 0 Å². The molecule has 0 aliphatic heterocycles. The Labute approximate surface area is 122 Å². The summed E-state index contributed by atoms with van der Waals surface area (Å²) in [6.07, 6.45) is 5.83. The van der Waals surface area contributed by atoms with E-state index in [2.05, 4.69) is 57.5 Å². The van der Waals surface area contributed by atoms with E-state index in [1.54, 1.807) is 6.20 Å². The average Bonchev–Trinajstić information content (AvgIpc) is 2.41. The molecule has 0 fully saturated rings. The molecule has 2 rings (SSSR count). The number of hydrazine groups is 1. The first-order valence-electron chi connectivity index (χ1n) is 6.40. The molecule has 1 heterocycles. The lowest BCUT2D eigenvalue weighted by Gasteiger charge is -2.17. The fraction of sp³-hybridized carbons (Fsp3) is 0.267. The van der Waals surface area contributed by atoms with Crippen LogP contribution in [0.5, 0.6) is 0 Å². The molecule has 0 saturated carbocycles. The molecular weight excluding hydrogens is 302 g/mol. The predicted octanol–water partition coefficient (Wildman–Crippen LogP) is 3.35. The van der Waals surface area contributed by atoms with Gasteiger partial charge in [-0.1, -0.05) is 37.6 Å². The summed E-state index contributed by atoms with van der Waals surface area (Å²) >= 11 is 3.44. The van der Waals surface area contributed by atoms with Crippen LogP contribution in [0, 0.1) is 0 Å². The molecule has 2 aromatic rings. The third-order valence-electron chi connectivity index (χ3n) is 3.05. The molecule has 0 aliphatic rings. The molecule has 0 bridgehead atoms. The van der Waals surface area contributed by atoms with Gasteiger partial charge in [0.15, 0.2) is 0 Å². The fourth-order valence-electron chi connectivity index (χ4n) is 2.19. The molecule has 0 saturated heterocycles. The van der Waals surface area contributed by atoms with Gasteiger partial charge in [0.05, 0.1) is 6.04 Å². The minimum absolute atomic E-state index is 0.0400. The minimum Gasteiger partial charge on any atom is -0.271 e. The third-order valence-corrected chi connectivity index (χ3v) is 3.48. The molecule has 1 atom stereocenters. The molecule has 0 radical (unpaired) electrons. The van der Waals surface area contributed by atoms with E-state index in [0.717, 1.165) is 28.4 Å². The molecule has 0 aliphatic carbocycles. The summed E-state index contributed by atoms with van der Waals surface area (Å²) in [5.74, 6) is 5.72. The second-order valence-corrected chi connectivity index (χ2v) is 5.45. The first kappa shape index (κ1) is 14.2. The van der Waals surface area contributed by atoms with Crippen molar-refractivity contribution in [3.05, 3.63) is 63.9 Å². The summed E-state index contributed by atoms with van der Waals surface area (Å²) in [5.41, 5.74) is 6.41. The lowest BCUT2D eigenvalue weighted by atomic mass is 9.98. The number of rotatable bonds is 5. The Morgan fingerprint density at radius 3 is 2.79 bits per heavy atom. The quantitative estimate of drug-likeness (QED) is 0.656. The largest absolute Gasteiger partial charge is 0.271 e. The van der Waals surface area contributed by atoms with Crippen molar-refractivity contribution in [3.63, 3.8) is 0 Å². The topological polar surface area (TPSA) is 50.9 Å². The van der Waals surface area contributed by atoms with Gasteiger partial charge in [-0.05, 0) is 45.1 Å². The van der Waals surface area contributed by atoms with Crippen molar-refractivity contribution >= 4 is 15.9 Å². The number of hydrogen-bond donors (Lipinski definition) is 2. The molecule has 1 aromatic carbocycles. The van der Waals surface area contributed by atoms with E-state index in [1.807, 2.05) is 12.3 Å². The average molecular weight is 320 g/mol. The number of aromatic nitrogens is 1. The lowest BCUT2D eigenvalue weighted by molar-refractivity contribution is 0.633. The van der Waals surface area contributed by atoms with Gasteiger partial charge in [0.25, 0.3) is 0 Å². The SMILES string of the molecule is CCCc1cccc(C(NN)c2cncc(Br)c2)c1. The number of nitrogens with zero attached hydrogens (tertiary/aromatic N) is 1. The van der Waals surface area contributed by atoms with Crippen LogP contribution in [0.3, 0.4) is 0 Å². The second kappa shape index (κ2) is 6.80. The predicted molar refractivity (Wildman–Crippen MR) is 81.5 cm³/mol. The van der Waals surface area contributed by atoms with E-state index in [-0.39, 0.29) is 6.04 Å². The Morgan fingerprint density at radius 1 is 1.26 bits per heavy atom. The summed E-state index contributed by atoms with van der Waals surface area (Å²) in [5, 5.41) is 0. The zero-order valence-electron chi connectivity index (χ0n) is 10.9. The van der Waals surface area contributed by atoms with Crippen LogP contribution >= 0.6 is 15.9 Å². The summed E-state index contributed by atoms with van der Waals surface area (Å²) in [7, 11) is 0. The number of benzene rings is 1. The monoisotopic (exact) mass is 319 g/mol. The van der Waals surface area contributed by atoms with Crippen molar-refractivity contribution in [2.75, 3.05) is 0 Å². The molecule has 1 aromatic heterocycles. The first-order chi connectivity index (χ1) is 9.24. The number of nitrogens with one attached hydrogen (secondary N) is 1. The normalized spacial score (nSPS) is 12.4. The molecule has 0 amide bonds. The number of nitrogens with two attached hydrogens (primary N) is 1. The van der Waals surface area contributed by atoms with Gasteiger partial charge < -0.3 is 0 Å². The van der Waals surface area contributed by atoms with Gasteiger partial charge in [-0.3, -0.25) is 10.8 Å². The second-order valence-electron chi connectivity index (χ2n) is 4.53. The molecule has 3 nitrogen and oxygen atoms in total. The summed E-state index contributed by atoms with van der Waals surface area (Å²) in [6.45, 7) is 2.18. The van der Waals surface area contributed by atoms with Crippen molar-refractivity contribution in [2.45, 2.75) is 25.8 Å². The molecule has 1 unspecified atom stereocenters. The zero-order valence-corrected chi connectivity index (χ0v) is 12.5. The van der Waals surface area contributed by atoms with Crippen LogP contribution in [0.4, 0.5) is 0 Å².